The van der Waals surface area contributed by atoms with E-state index in [1.165, 1.54) is 19.9 Å². The number of phenols is 3. The molecule has 3 saturated heterocycles. The molecule has 13 unspecified atom stereocenters. The summed E-state index contributed by atoms with van der Waals surface area (Å²) in [7, 11) is 0. The first-order valence-electron chi connectivity index (χ1n) is 20.3. The van der Waals surface area contributed by atoms with Crippen LogP contribution in [0.2, 0.25) is 0 Å². The zero-order chi connectivity index (χ0) is 48.0. The number of ether oxygens (including phenoxy) is 6. The van der Waals surface area contributed by atoms with E-state index in [0.29, 0.717) is 0 Å². The molecule has 15 atom stereocenters. The molecule has 0 radical (unpaired) electrons. The van der Waals surface area contributed by atoms with Crippen LogP contribution in [0.15, 0.2) is 24.3 Å². The monoisotopic (exact) mass is 931 g/mol. The first-order valence-corrected chi connectivity index (χ1v) is 20.3. The summed E-state index contributed by atoms with van der Waals surface area (Å²) in [6, 6.07) is 4.04. The molecule has 5 aliphatic rings. The molecule has 3 aromatic rings. The Labute approximate surface area is 370 Å². The van der Waals surface area contributed by atoms with Gasteiger partial charge in [0.2, 0.25) is 6.29 Å². The lowest BCUT2D eigenvalue weighted by atomic mass is 9.74. The number of ketones is 2. The minimum atomic E-state index is -2.02. The minimum absolute atomic E-state index is 0.0487. The predicted octanol–water partition coefficient (Wildman–Crippen LogP) is -3.42. The predicted molar refractivity (Wildman–Crippen MR) is 211 cm³/mol. The van der Waals surface area contributed by atoms with Crippen LogP contribution in [-0.2, 0) is 28.5 Å². The topological polar surface area (TPSA) is 399 Å². The maximum Gasteiger partial charge on any atom is 0.322 e. The molecule has 0 bridgehead atoms. The van der Waals surface area contributed by atoms with Gasteiger partial charge in [-0.1, -0.05) is 6.07 Å². The zero-order valence-electron chi connectivity index (χ0n) is 34.5. The van der Waals surface area contributed by atoms with Gasteiger partial charge in [0.05, 0.1) is 36.0 Å². The highest BCUT2D eigenvalue weighted by molar-refractivity contribution is 6.31. The molecule has 0 spiro atoms. The Morgan fingerprint density at radius 3 is 1.92 bits per heavy atom. The standard InChI is InChI=1S/C42H45NO23/c1-10-3-16-24(32(55)21(10)39(60)43-7-20(47)48)23-14(29(52)37(16)65-42-36(59)38(26(49)11(2)63-42)66-41-35(58)31(54)19(46)9-62-41)6-15-25(33(23)56)28(51)13-4-12(5-17(44)22(13)27(15)50)64-40-34(57)30(53)18(45)8-61-40/h3-6,11,18-19,26,29-31,34-38,40-42,44-46,49,52-59H,7-9H2,1-2H3,(H,43,60)(H,47,48)/t11?,18?,19?,26?,29-,30?,31?,34?,35?,36?,37-,38?,40?,41?,42?/m0/s1. The summed E-state index contributed by atoms with van der Waals surface area (Å²) >= 11 is 0. The second-order valence-electron chi connectivity index (χ2n) is 16.5. The summed E-state index contributed by atoms with van der Waals surface area (Å²) in [5, 5.41) is 142. The first kappa shape index (κ1) is 47.1. The first-order chi connectivity index (χ1) is 31.1. The number of hydrogen-bond donors (Lipinski definition) is 14. The number of aliphatic carboxylic acids is 1. The van der Waals surface area contributed by atoms with Gasteiger partial charge in [0.15, 0.2) is 24.1 Å². The quantitative estimate of drug-likeness (QED) is 0.0777. The summed E-state index contributed by atoms with van der Waals surface area (Å²) in [6.07, 6.45) is -25.6. The van der Waals surface area contributed by atoms with Crippen molar-refractivity contribution in [2.45, 2.75) is 106 Å². The van der Waals surface area contributed by atoms with Gasteiger partial charge in [-0.15, -0.1) is 0 Å². The average Bonchev–Trinajstić information content (AvgIpc) is 3.26. The molecule has 24 nitrogen and oxygen atoms in total. The Morgan fingerprint density at radius 1 is 0.682 bits per heavy atom. The van der Waals surface area contributed by atoms with Gasteiger partial charge in [-0.3, -0.25) is 19.2 Å². The van der Waals surface area contributed by atoms with Gasteiger partial charge in [0, 0.05) is 28.3 Å². The fourth-order valence-electron chi connectivity index (χ4n) is 8.76. The lowest BCUT2D eigenvalue weighted by molar-refractivity contribution is -0.353. The van der Waals surface area contributed by atoms with E-state index in [-0.39, 0.29) is 16.9 Å². The minimum Gasteiger partial charge on any atom is -0.507 e. The SMILES string of the molecule is Cc1cc2c(c(O)c1C(=O)NCC(=O)O)-c1c(cc3c(c1O)C(=O)c1cc(OC4OCC(O)C(O)C4O)cc(O)c1C3=O)[C@H](O)[C@H]2OC1OC(C)C(O)C(OC2OCC(O)C(O)C2O)C1O. The van der Waals surface area contributed by atoms with Crippen molar-refractivity contribution in [2.75, 3.05) is 19.8 Å². The molecule has 3 aromatic carbocycles. The van der Waals surface area contributed by atoms with E-state index in [9.17, 15) is 85.6 Å². The van der Waals surface area contributed by atoms with E-state index in [2.05, 4.69) is 5.32 Å². The molecule has 356 valence electrons. The summed E-state index contributed by atoms with van der Waals surface area (Å²) in [4.78, 5) is 53.4. The second kappa shape index (κ2) is 17.7. The summed E-state index contributed by atoms with van der Waals surface area (Å²) < 4.78 is 33.8. The van der Waals surface area contributed by atoms with E-state index in [1.54, 1.807) is 0 Å². The molecule has 0 aromatic heterocycles. The van der Waals surface area contributed by atoms with E-state index in [4.69, 9.17) is 28.4 Å². The summed E-state index contributed by atoms with van der Waals surface area (Å²) in [6.45, 7) is 0.799. The van der Waals surface area contributed by atoms with Crippen molar-refractivity contribution in [2.24, 2.45) is 0 Å². The Bertz CT molecular complexity index is 2480. The Morgan fingerprint density at radius 2 is 1.27 bits per heavy atom. The number of carboxylic acids is 1. The molecule has 2 aliphatic carbocycles. The molecule has 0 saturated carbocycles. The number of rotatable bonds is 9. The molecule has 24 heteroatoms. The van der Waals surface area contributed by atoms with Crippen LogP contribution in [0, 0.1) is 6.92 Å². The van der Waals surface area contributed by atoms with Crippen LogP contribution < -0.4 is 10.1 Å². The number of carbonyl (C=O) groups excluding carboxylic acids is 3. The third-order valence-electron chi connectivity index (χ3n) is 12.2. The highest BCUT2D eigenvalue weighted by Crippen LogP contribution is 2.57. The summed E-state index contributed by atoms with van der Waals surface area (Å²) in [5.74, 6) is -7.93. The van der Waals surface area contributed by atoms with Gasteiger partial charge in [-0.2, -0.15) is 0 Å². The number of amides is 1. The number of hydrogen-bond acceptors (Lipinski definition) is 22. The number of aliphatic hydroxyl groups is 9. The van der Waals surface area contributed by atoms with Crippen LogP contribution in [0.3, 0.4) is 0 Å². The molecular formula is C42H45NO23. The third kappa shape index (κ3) is 7.82. The van der Waals surface area contributed by atoms with E-state index in [0.717, 1.165) is 18.2 Å². The van der Waals surface area contributed by atoms with Crippen LogP contribution in [0.4, 0.5) is 0 Å². The fourth-order valence-corrected chi connectivity index (χ4v) is 8.76. The van der Waals surface area contributed by atoms with Crippen molar-refractivity contribution in [1.82, 2.24) is 5.32 Å². The van der Waals surface area contributed by atoms with Crippen LogP contribution in [0.25, 0.3) is 11.1 Å². The molecule has 3 fully saturated rings. The van der Waals surface area contributed by atoms with Crippen LogP contribution >= 0.6 is 0 Å². The molecular weight excluding hydrogens is 886 g/mol. The van der Waals surface area contributed by atoms with Crippen LogP contribution in [-0.4, -0.2) is 189 Å². The molecule has 8 rings (SSSR count). The van der Waals surface area contributed by atoms with Gasteiger partial charge in [-0.05, 0) is 42.7 Å². The number of benzene rings is 3. The molecule has 66 heavy (non-hydrogen) atoms. The highest BCUT2D eigenvalue weighted by atomic mass is 16.7. The van der Waals surface area contributed by atoms with Gasteiger partial charge in [-0.25, -0.2) is 0 Å². The largest absolute Gasteiger partial charge is 0.507 e. The van der Waals surface area contributed by atoms with E-state index in [1.807, 2.05) is 0 Å². The third-order valence-corrected chi connectivity index (χ3v) is 12.2. The Balaban J connectivity index is 1.21. The molecule has 3 heterocycles. The Hall–Kier alpha value is -5.42. The fraction of sp³-hybridized carbons (Fsp3) is 0.476. The number of nitrogens with one attached hydrogen (secondary N) is 1. The van der Waals surface area contributed by atoms with Crippen molar-refractivity contribution in [1.29, 1.82) is 0 Å². The summed E-state index contributed by atoms with van der Waals surface area (Å²) in [5.41, 5.74) is -4.69. The molecule has 1 amide bonds. The van der Waals surface area contributed by atoms with Gasteiger partial charge >= 0.3 is 5.97 Å². The van der Waals surface area contributed by atoms with Crippen molar-refractivity contribution in [3.63, 3.8) is 0 Å². The number of carbonyl (C=O) groups is 4. The number of aromatic hydroxyl groups is 3. The van der Waals surface area contributed by atoms with E-state index >= 15 is 0 Å². The zero-order valence-corrected chi connectivity index (χ0v) is 34.5. The lowest BCUT2D eigenvalue weighted by Gasteiger charge is -2.45. The second-order valence-corrected chi connectivity index (χ2v) is 16.5. The number of fused-ring (bicyclic) bond motifs is 5. The number of aryl methyl sites for hydroxylation is 1. The maximum atomic E-state index is 14.4. The van der Waals surface area contributed by atoms with Gasteiger partial charge in [0.1, 0.15) is 96.7 Å². The number of phenolic OH excluding ortho intramolecular Hbond substituents is 3. The smallest absolute Gasteiger partial charge is 0.322 e. The van der Waals surface area contributed by atoms with Crippen molar-refractivity contribution >= 4 is 23.4 Å². The number of carboxylic acid groups (broad SMARTS) is 1. The average molecular weight is 932 g/mol. The number of aliphatic hydroxyl groups excluding tert-OH is 9. The normalized spacial score (nSPS) is 33.8. The van der Waals surface area contributed by atoms with Crippen molar-refractivity contribution in [3.8, 4) is 34.1 Å². The molecule has 3 aliphatic heterocycles. The van der Waals surface area contributed by atoms with Crippen LogP contribution in [0.5, 0.6) is 23.0 Å². The highest BCUT2D eigenvalue weighted by Gasteiger charge is 2.51. The van der Waals surface area contributed by atoms with Gasteiger partial charge in [0.25, 0.3) is 5.91 Å². The van der Waals surface area contributed by atoms with Crippen molar-refractivity contribution < 1.29 is 114 Å². The van der Waals surface area contributed by atoms with E-state index < -0.39 is 197 Å². The lowest BCUT2D eigenvalue weighted by Crippen LogP contribution is -2.62. The van der Waals surface area contributed by atoms with Gasteiger partial charge < -0.3 is 100 Å². The Kier molecular flexibility index (Phi) is 12.6. The van der Waals surface area contributed by atoms with Crippen LogP contribution in [0.1, 0.15) is 78.0 Å². The van der Waals surface area contributed by atoms with Crippen molar-refractivity contribution in [3.05, 3.63) is 68.8 Å². The molecule has 14 N–H and O–H groups in total. The maximum absolute atomic E-state index is 14.4.